The highest BCUT2D eigenvalue weighted by molar-refractivity contribution is 7.89. The predicted octanol–water partition coefficient (Wildman–Crippen LogP) is 1.17. The Morgan fingerprint density at radius 3 is 2.73 bits per heavy atom. The lowest BCUT2D eigenvalue weighted by molar-refractivity contribution is 0.101. The van der Waals surface area contributed by atoms with Crippen LogP contribution in [0.15, 0.2) is 24.3 Å². The van der Waals surface area contributed by atoms with Crippen molar-refractivity contribution in [2.45, 2.75) is 25.0 Å². The number of sulfonamides is 1. The molecule has 1 fully saturated rings. The number of Topliss-reactive ketones (excluding diaryl/α,β-unsaturated/α-hetero) is 1. The number of ketones is 1. The lowest BCUT2D eigenvalue weighted by Crippen LogP contribution is -2.48. The third kappa shape index (κ3) is 4.05. The zero-order chi connectivity index (χ0) is 16.3. The van der Waals surface area contributed by atoms with Crippen LogP contribution in [0.4, 0.5) is 10.5 Å². The summed E-state index contributed by atoms with van der Waals surface area (Å²) in [6.45, 7) is 2.00. The molecule has 8 heteroatoms. The summed E-state index contributed by atoms with van der Waals surface area (Å²) in [5, 5.41) is 7.11. The predicted molar refractivity (Wildman–Crippen MR) is 83.2 cm³/mol. The number of primary sulfonamides is 1. The van der Waals surface area contributed by atoms with Gasteiger partial charge in [-0.25, -0.2) is 18.4 Å². The Morgan fingerprint density at radius 2 is 2.09 bits per heavy atom. The third-order valence-corrected chi connectivity index (χ3v) is 4.96. The van der Waals surface area contributed by atoms with Crippen molar-refractivity contribution in [1.82, 2.24) is 4.90 Å². The largest absolute Gasteiger partial charge is 0.323 e. The fourth-order valence-corrected chi connectivity index (χ4v) is 3.29. The molecule has 22 heavy (non-hydrogen) atoms. The average Bonchev–Trinajstić information content (AvgIpc) is 2.46. The number of likely N-dealkylation sites (tertiary alicyclic amines) is 1. The van der Waals surface area contributed by atoms with Gasteiger partial charge in [0.2, 0.25) is 10.0 Å². The second kappa shape index (κ2) is 6.45. The molecule has 1 aromatic carbocycles. The average molecular weight is 325 g/mol. The van der Waals surface area contributed by atoms with Crippen LogP contribution < -0.4 is 10.5 Å². The first-order chi connectivity index (χ1) is 10.3. The summed E-state index contributed by atoms with van der Waals surface area (Å²) in [4.78, 5) is 25.0. The number of anilines is 1. The molecule has 0 radical (unpaired) electrons. The first-order valence-electron chi connectivity index (χ1n) is 6.96. The van der Waals surface area contributed by atoms with E-state index in [1.54, 1.807) is 24.3 Å². The maximum atomic E-state index is 12.2. The van der Waals surface area contributed by atoms with Gasteiger partial charge in [-0.1, -0.05) is 12.1 Å². The molecule has 0 spiro atoms. The summed E-state index contributed by atoms with van der Waals surface area (Å²) in [6, 6.07) is 6.20. The van der Waals surface area contributed by atoms with Crippen molar-refractivity contribution in [2.75, 3.05) is 18.4 Å². The Bertz CT molecular complexity index is 687. The molecule has 3 N–H and O–H groups in total. The van der Waals surface area contributed by atoms with Crippen LogP contribution in [-0.2, 0) is 10.0 Å². The van der Waals surface area contributed by atoms with E-state index in [2.05, 4.69) is 5.32 Å². The van der Waals surface area contributed by atoms with E-state index >= 15 is 0 Å². The van der Waals surface area contributed by atoms with E-state index in [1.807, 2.05) is 0 Å². The quantitative estimate of drug-likeness (QED) is 0.813. The number of amides is 2. The Labute approximate surface area is 129 Å². The lowest BCUT2D eigenvalue weighted by atomic mass is 10.1. The zero-order valence-corrected chi connectivity index (χ0v) is 13.1. The fourth-order valence-electron chi connectivity index (χ4n) is 2.41. The van der Waals surface area contributed by atoms with Crippen LogP contribution in [0.2, 0.25) is 0 Å². The number of nitrogens with one attached hydrogen (secondary N) is 1. The van der Waals surface area contributed by atoms with Gasteiger partial charge >= 0.3 is 6.03 Å². The van der Waals surface area contributed by atoms with Crippen molar-refractivity contribution >= 4 is 27.5 Å². The Morgan fingerprint density at radius 1 is 1.36 bits per heavy atom. The van der Waals surface area contributed by atoms with Crippen LogP contribution in [0.3, 0.4) is 0 Å². The molecule has 2 amide bonds. The van der Waals surface area contributed by atoms with Crippen molar-refractivity contribution in [3.8, 4) is 0 Å². The highest BCUT2D eigenvalue weighted by Gasteiger charge is 2.30. The number of hydrogen-bond acceptors (Lipinski definition) is 4. The smallest absolute Gasteiger partial charge is 0.321 e. The van der Waals surface area contributed by atoms with E-state index in [4.69, 9.17) is 5.14 Å². The molecule has 7 nitrogen and oxygen atoms in total. The van der Waals surface area contributed by atoms with Crippen molar-refractivity contribution in [3.63, 3.8) is 0 Å². The van der Waals surface area contributed by atoms with Gasteiger partial charge < -0.3 is 10.2 Å². The molecule has 1 heterocycles. The van der Waals surface area contributed by atoms with Gasteiger partial charge in [-0.2, -0.15) is 0 Å². The van der Waals surface area contributed by atoms with Crippen molar-refractivity contribution in [2.24, 2.45) is 5.14 Å². The first kappa shape index (κ1) is 16.4. The van der Waals surface area contributed by atoms with Crippen molar-refractivity contribution < 1.29 is 18.0 Å². The molecule has 0 aromatic heterocycles. The van der Waals surface area contributed by atoms with Crippen molar-refractivity contribution in [3.05, 3.63) is 29.8 Å². The fraction of sp³-hybridized carbons (Fsp3) is 0.429. The minimum absolute atomic E-state index is 0.0804. The number of carbonyl (C=O) groups excluding carboxylic acids is 2. The maximum absolute atomic E-state index is 12.2. The number of benzene rings is 1. The Hall–Kier alpha value is -1.93. The molecule has 1 saturated heterocycles. The van der Waals surface area contributed by atoms with E-state index in [-0.39, 0.29) is 12.3 Å². The Kier molecular flexibility index (Phi) is 4.82. The number of piperidine rings is 1. The SMILES string of the molecule is CC(=O)c1cccc(NC(=O)N2CCCC(S(N)(=O)=O)C2)c1. The molecule has 0 aliphatic carbocycles. The van der Waals surface area contributed by atoms with Gasteiger partial charge in [0.25, 0.3) is 0 Å². The molecule has 0 bridgehead atoms. The molecule has 1 aliphatic rings. The Balaban J connectivity index is 2.06. The van der Waals surface area contributed by atoms with E-state index < -0.39 is 21.3 Å². The van der Waals surface area contributed by atoms with Gasteiger partial charge in [-0.3, -0.25) is 4.79 Å². The second-order valence-corrected chi connectivity index (χ2v) is 7.21. The summed E-state index contributed by atoms with van der Waals surface area (Å²) in [5.74, 6) is -0.0941. The molecule has 1 aliphatic heterocycles. The molecule has 1 unspecified atom stereocenters. The minimum atomic E-state index is -3.65. The molecule has 1 aromatic rings. The summed E-state index contributed by atoms with van der Waals surface area (Å²) < 4.78 is 22.8. The summed E-state index contributed by atoms with van der Waals surface area (Å²) in [5.41, 5.74) is 0.995. The number of nitrogens with zero attached hydrogens (tertiary/aromatic N) is 1. The van der Waals surface area contributed by atoms with Gasteiger partial charge in [0.05, 0.1) is 5.25 Å². The summed E-state index contributed by atoms with van der Waals surface area (Å²) in [7, 11) is -3.65. The van der Waals surface area contributed by atoms with Crippen molar-refractivity contribution in [1.29, 1.82) is 0 Å². The first-order valence-corrected chi connectivity index (χ1v) is 8.57. The molecule has 0 saturated carbocycles. The molecular weight excluding hydrogens is 306 g/mol. The summed E-state index contributed by atoms with van der Waals surface area (Å²) in [6.07, 6.45) is 1.05. The maximum Gasteiger partial charge on any atom is 0.321 e. The van der Waals surface area contributed by atoms with Crippen LogP contribution in [0.5, 0.6) is 0 Å². The molecular formula is C14H19N3O4S. The van der Waals surface area contributed by atoms with E-state index in [1.165, 1.54) is 11.8 Å². The van der Waals surface area contributed by atoms with Gasteiger partial charge in [-0.05, 0) is 31.9 Å². The van der Waals surface area contributed by atoms with Gasteiger partial charge in [0, 0.05) is 24.3 Å². The molecule has 2 rings (SSSR count). The van der Waals surface area contributed by atoms with E-state index in [0.717, 1.165) is 0 Å². The van der Waals surface area contributed by atoms with Gasteiger partial charge in [-0.15, -0.1) is 0 Å². The normalized spacial score (nSPS) is 18.8. The van der Waals surface area contributed by atoms with Crippen LogP contribution in [0.1, 0.15) is 30.1 Å². The lowest BCUT2D eigenvalue weighted by Gasteiger charge is -2.31. The van der Waals surface area contributed by atoms with E-state index in [9.17, 15) is 18.0 Å². The van der Waals surface area contributed by atoms with Crippen LogP contribution in [0.25, 0.3) is 0 Å². The minimum Gasteiger partial charge on any atom is -0.323 e. The number of hydrogen-bond donors (Lipinski definition) is 2. The number of nitrogens with two attached hydrogens (primary N) is 1. The third-order valence-electron chi connectivity index (χ3n) is 3.65. The van der Waals surface area contributed by atoms with Gasteiger partial charge in [0.15, 0.2) is 5.78 Å². The second-order valence-electron chi connectivity index (χ2n) is 5.37. The van der Waals surface area contributed by atoms with Crippen LogP contribution >= 0.6 is 0 Å². The molecule has 1 atom stereocenters. The van der Waals surface area contributed by atoms with Gasteiger partial charge in [0.1, 0.15) is 0 Å². The summed E-state index contributed by atoms with van der Waals surface area (Å²) >= 11 is 0. The molecule has 120 valence electrons. The zero-order valence-electron chi connectivity index (χ0n) is 12.3. The number of rotatable bonds is 3. The highest BCUT2D eigenvalue weighted by Crippen LogP contribution is 2.17. The highest BCUT2D eigenvalue weighted by atomic mass is 32.2. The monoisotopic (exact) mass is 325 g/mol. The number of urea groups is 1. The topological polar surface area (TPSA) is 110 Å². The standard InChI is InChI=1S/C14H19N3O4S/c1-10(18)11-4-2-5-12(8-11)16-14(19)17-7-3-6-13(9-17)22(15,20)21/h2,4-5,8,13H,3,6-7,9H2,1H3,(H,16,19)(H2,15,20,21). The van der Waals surface area contributed by atoms with Crippen LogP contribution in [-0.4, -0.2) is 43.5 Å². The van der Waals surface area contributed by atoms with Crippen LogP contribution in [0, 0.1) is 0 Å². The van der Waals surface area contributed by atoms with E-state index in [0.29, 0.717) is 30.6 Å². The number of carbonyl (C=O) groups is 2.